The first-order chi connectivity index (χ1) is 6.18. The number of carbonyl (C=O) groups is 1. The molecule has 0 aromatic rings. The van der Waals surface area contributed by atoms with E-state index in [1.54, 1.807) is 0 Å². The predicted octanol–water partition coefficient (Wildman–Crippen LogP) is 2.22. The van der Waals surface area contributed by atoms with Gasteiger partial charge in [0.1, 0.15) is 0 Å². The lowest BCUT2D eigenvalue weighted by atomic mass is 9.71. The molecule has 0 aromatic carbocycles. The summed E-state index contributed by atoms with van der Waals surface area (Å²) in [5, 5.41) is 8.96. The number of Topliss-reactive ketones (excluding diaryl/α,β-unsaturated/α-hetero) is 1. The molecule has 2 aliphatic rings. The summed E-state index contributed by atoms with van der Waals surface area (Å²) in [6, 6.07) is 2.27. The summed E-state index contributed by atoms with van der Waals surface area (Å²) < 4.78 is 0. The Morgan fingerprint density at radius 2 is 2.46 bits per heavy atom. The monoisotopic (exact) mass is 175 g/mol. The van der Waals surface area contributed by atoms with Crippen LogP contribution in [0.2, 0.25) is 0 Å². The van der Waals surface area contributed by atoms with Crippen LogP contribution in [0.5, 0.6) is 0 Å². The molecule has 13 heavy (non-hydrogen) atoms. The van der Waals surface area contributed by atoms with Gasteiger partial charge in [-0.05, 0) is 24.8 Å². The van der Waals surface area contributed by atoms with Gasteiger partial charge in [-0.2, -0.15) is 5.26 Å². The molecular weight excluding hydrogens is 162 g/mol. The smallest absolute Gasteiger partial charge is 0.160 e. The van der Waals surface area contributed by atoms with Crippen LogP contribution in [0.25, 0.3) is 0 Å². The van der Waals surface area contributed by atoms with Crippen LogP contribution >= 0.6 is 0 Å². The molecule has 0 radical (unpaired) electrons. The first-order valence-corrected chi connectivity index (χ1v) is 4.82. The summed E-state index contributed by atoms with van der Waals surface area (Å²) in [5.41, 5.74) is 0.815. The minimum atomic E-state index is -0.121. The third kappa shape index (κ3) is 1.03. The zero-order chi connectivity index (χ0) is 9.47. The first-order valence-electron chi connectivity index (χ1n) is 4.82. The normalized spacial score (nSPS) is 38.0. The molecule has 2 heteroatoms. The Labute approximate surface area is 78.2 Å². The van der Waals surface area contributed by atoms with Crippen LogP contribution in [0.1, 0.15) is 32.6 Å². The lowest BCUT2D eigenvalue weighted by molar-refractivity contribution is -0.114. The van der Waals surface area contributed by atoms with Gasteiger partial charge in [-0.15, -0.1) is 0 Å². The highest BCUT2D eigenvalue weighted by Crippen LogP contribution is 2.50. The largest absolute Gasteiger partial charge is 0.294 e. The summed E-state index contributed by atoms with van der Waals surface area (Å²) in [5.74, 6) is 0.125. The fourth-order valence-corrected chi connectivity index (χ4v) is 2.59. The van der Waals surface area contributed by atoms with Crippen molar-refractivity contribution in [2.24, 2.45) is 11.3 Å². The van der Waals surface area contributed by atoms with Crippen molar-refractivity contribution in [3.05, 3.63) is 11.6 Å². The van der Waals surface area contributed by atoms with E-state index in [0.29, 0.717) is 6.42 Å². The van der Waals surface area contributed by atoms with Crippen LogP contribution in [0.3, 0.4) is 0 Å². The Kier molecular flexibility index (Phi) is 1.76. The quantitative estimate of drug-likeness (QED) is 0.566. The number of carbonyl (C=O) groups excluding carboxylic acids is 1. The Balaban J connectivity index is 2.45. The molecule has 0 saturated heterocycles. The maximum Gasteiger partial charge on any atom is 0.160 e. The molecule has 2 rings (SSSR count). The van der Waals surface area contributed by atoms with Crippen molar-refractivity contribution in [2.75, 3.05) is 0 Å². The van der Waals surface area contributed by atoms with Crippen LogP contribution in [0, 0.1) is 22.7 Å². The summed E-state index contributed by atoms with van der Waals surface area (Å²) in [4.78, 5) is 11.6. The van der Waals surface area contributed by atoms with E-state index >= 15 is 0 Å². The van der Waals surface area contributed by atoms with E-state index in [1.165, 1.54) is 0 Å². The van der Waals surface area contributed by atoms with Crippen molar-refractivity contribution in [3.63, 3.8) is 0 Å². The van der Waals surface area contributed by atoms with E-state index in [0.717, 1.165) is 24.8 Å². The maximum atomic E-state index is 11.6. The number of fused-ring (bicyclic) bond motifs is 1. The van der Waals surface area contributed by atoms with Gasteiger partial charge in [0.05, 0.1) is 12.0 Å². The highest BCUT2D eigenvalue weighted by atomic mass is 16.1. The second-order valence-electron chi connectivity index (χ2n) is 4.24. The van der Waals surface area contributed by atoms with Gasteiger partial charge >= 0.3 is 0 Å². The Bertz CT molecular complexity index is 323. The number of hydrogen-bond donors (Lipinski definition) is 0. The van der Waals surface area contributed by atoms with Crippen LogP contribution in [-0.4, -0.2) is 5.78 Å². The van der Waals surface area contributed by atoms with E-state index in [-0.39, 0.29) is 17.1 Å². The summed E-state index contributed by atoms with van der Waals surface area (Å²) >= 11 is 0. The van der Waals surface area contributed by atoms with Crippen LogP contribution in [-0.2, 0) is 4.79 Å². The van der Waals surface area contributed by atoms with Crippen molar-refractivity contribution in [1.82, 2.24) is 0 Å². The van der Waals surface area contributed by atoms with E-state index in [1.807, 2.05) is 6.08 Å². The highest BCUT2D eigenvalue weighted by molar-refractivity contribution is 6.00. The Hall–Kier alpha value is -1.10. The van der Waals surface area contributed by atoms with Gasteiger partial charge in [0, 0.05) is 11.8 Å². The average Bonchev–Trinajstić information content (AvgIpc) is 2.38. The first kappa shape index (κ1) is 8.50. The van der Waals surface area contributed by atoms with Crippen LogP contribution in [0.4, 0.5) is 0 Å². The van der Waals surface area contributed by atoms with Gasteiger partial charge < -0.3 is 0 Å². The number of nitriles is 1. The second-order valence-corrected chi connectivity index (χ2v) is 4.24. The molecule has 0 spiro atoms. The molecular formula is C11H13NO. The number of hydrogen-bond acceptors (Lipinski definition) is 2. The topological polar surface area (TPSA) is 40.9 Å². The standard InChI is InChI=1S/C11H13NO/c1-11-5-3-2-4-9(11)10(13)6-8(11)7-12/h4,8H,2-3,5-6H2,1H3/t8-,11-/m0/s1. The average molecular weight is 175 g/mol. The third-order valence-electron chi connectivity index (χ3n) is 3.48. The molecule has 2 nitrogen and oxygen atoms in total. The van der Waals surface area contributed by atoms with E-state index in [4.69, 9.17) is 5.26 Å². The molecule has 1 fully saturated rings. The molecule has 68 valence electrons. The molecule has 0 unspecified atom stereocenters. The molecule has 0 aromatic heterocycles. The third-order valence-corrected chi connectivity index (χ3v) is 3.48. The number of allylic oxidation sites excluding steroid dienone is 2. The van der Waals surface area contributed by atoms with E-state index < -0.39 is 0 Å². The van der Waals surface area contributed by atoms with Gasteiger partial charge in [0.15, 0.2) is 5.78 Å². The van der Waals surface area contributed by atoms with Crippen LogP contribution in [0.15, 0.2) is 11.6 Å². The number of ketones is 1. The molecule has 0 heterocycles. The molecule has 2 atom stereocenters. The van der Waals surface area contributed by atoms with Gasteiger partial charge in [0.2, 0.25) is 0 Å². The second kappa shape index (κ2) is 2.70. The molecule has 0 amide bonds. The molecule has 2 aliphatic carbocycles. The SMILES string of the molecule is C[C@@]12CCCC=C1C(=O)C[C@H]2C#N. The van der Waals surface area contributed by atoms with Crippen molar-refractivity contribution < 1.29 is 4.79 Å². The van der Waals surface area contributed by atoms with Crippen molar-refractivity contribution >= 4 is 5.78 Å². The molecule has 0 N–H and O–H groups in total. The summed E-state index contributed by atoms with van der Waals surface area (Å²) in [7, 11) is 0. The van der Waals surface area contributed by atoms with Gasteiger partial charge in [-0.1, -0.05) is 13.0 Å². The van der Waals surface area contributed by atoms with Crippen molar-refractivity contribution in [3.8, 4) is 6.07 Å². The summed E-state index contributed by atoms with van der Waals surface area (Å²) in [6.45, 7) is 2.07. The van der Waals surface area contributed by atoms with Crippen molar-refractivity contribution in [1.29, 1.82) is 5.26 Å². The van der Waals surface area contributed by atoms with Crippen molar-refractivity contribution in [2.45, 2.75) is 32.6 Å². The van der Waals surface area contributed by atoms with E-state index in [2.05, 4.69) is 13.0 Å². The summed E-state index contributed by atoms with van der Waals surface area (Å²) in [6.07, 6.45) is 5.62. The van der Waals surface area contributed by atoms with Crippen LogP contribution < -0.4 is 0 Å². The lowest BCUT2D eigenvalue weighted by Crippen LogP contribution is -2.25. The Morgan fingerprint density at radius 3 is 3.15 bits per heavy atom. The van der Waals surface area contributed by atoms with Gasteiger partial charge in [0.25, 0.3) is 0 Å². The predicted molar refractivity (Wildman–Crippen MR) is 48.8 cm³/mol. The highest BCUT2D eigenvalue weighted by Gasteiger charge is 2.48. The zero-order valence-electron chi connectivity index (χ0n) is 7.84. The number of nitrogens with zero attached hydrogens (tertiary/aromatic N) is 1. The minimum absolute atomic E-state index is 0.0773. The number of rotatable bonds is 0. The molecule has 0 aliphatic heterocycles. The van der Waals surface area contributed by atoms with Gasteiger partial charge in [-0.25, -0.2) is 0 Å². The maximum absolute atomic E-state index is 11.6. The fraction of sp³-hybridized carbons (Fsp3) is 0.636. The Morgan fingerprint density at radius 1 is 1.69 bits per heavy atom. The molecule has 0 bridgehead atoms. The van der Waals surface area contributed by atoms with Gasteiger partial charge in [-0.3, -0.25) is 4.79 Å². The van der Waals surface area contributed by atoms with E-state index in [9.17, 15) is 4.79 Å². The minimum Gasteiger partial charge on any atom is -0.294 e. The molecule has 1 saturated carbocycles. The zero-order valence-corrected chi connectivity index (χ0v) is 7.84. The fourth-order valence-electron chi connectivity index (χ4n) is 2.59. The lowest BCUT2D eigenvalue weighted by Gasteiger charge is -2.31.